The fourth-order valence-electron chi connectivity index (χ4n) is 1.97. The Hall–Kier alpha value is -1.91. The first kappa shape index (κ1) is 14.5. The van der Waals surface area contributed by atoms with Crippen LogP contribution in [0.4, 0.5) is 0 Å². The van der Waals surface area contributed by atoms with Crippen LogP contribution in [-0.4, -0.2) is 25.2 Å². The van der Waals surface area contributed by atoms with E-state index in [0.29, 0.717) is 13.2 Å². The van der Waals surface area contributed by atoms with E-state index in [1.54, 1.807) is 13.3 Å². The second-order valence-corrected chi connectivity index (χ2v) is 4.44. The molecule has 0 radical (unpaired) electrons. The lowest BCUT2D eigenvalue weighted by molar-refractivity contribution is 0.0604. The van der Waals surface area contributed by atoms with E-state index in [9.17, 15) is 0 Å². The summed E-state index contributed by atoms with van der Waals surface area (Å²) in [6, 6.07) is 13.7. The molecule has 20 heavy (non-hydrogen) atoms. The van der Waals surface area contributed by atoms with Crippen LogP contribution in [0.15, 0.2) is 48.7 Å². The zero-order chi connectivity index (χ0) is 14.2. The maximum absolute atomic E-state index is 5.85. The van der Waals surface area contributed by atoms with Crippen LogP contribution in [0, 0.1) is 0 Å². The van der Waals surface area contributed by atoms with E-state index in [4.69, 9.17) is 15.2 Å². The molecule has 0 amide bonds. The van der Waals surface area contributed by atoms with Gasteiger partial charge in [0.15, 0.2) is 0 Å². The quantitative estimate of drug-likeness (QED) is 0.840. The Morgan fingerprint density at radius 3 is 2.55 bits per heavy atom. The molecule has 1 atom stereocenters. The van der Waals surface area contributed by atoms with Gasteiger partial charge in [0.1, 0.15) is 5.75 Å². The van der Waals surface area contributed by atoms with E-state index in [2.05, 4.69) is 4.98 Å². The van der Waals surface area contributed by atoms with Gasteiger partial charge in [-0.05, 0) is 29.8 Å². The maximum Gasteiger partial charge on any atom is 0.118 e. The van der Waals surface area contributed by atoms with Crippen molar-refractivity contribution in [3.8, 4) is 5.75 Å². The lowest BCUT2D eigenvalue weighted by Gasteiger charge is -2.16. The van der Waals surface area contributed by atoms with Gasteiger partial charge >= 0.3 is 0 Å². The summed E-state index contributed by atoms with van der Waals surface area (Å²) in [5.41, 5.74) is 7.87. The summed E-state index contributed by atoms with van der Waals surface area (Å²) in [6.45, 7) is 1.06. The summed E-state index contributed by atoms with van der Waals surface area (Å²) in [5.74, 6) is 0.831. The van der Waals surface area contributed by atoms with E-state index in [0.717, 1.165) is 23.4 Å². The predicted molar refractivity (Wildman–Crippen MR) is 78.7 cm³/mol. The van der Waals surface area contributed by atoms with Crippen molar-refractivity contribution in [2.75, 3.05) is 20.3 Å². The van der Waals surface area contributed by atoms with Gasteiger partial charge in [0.05, 0.1) is 19.8 Å². The topological polar surface area (TPSA) is 57.4 Å². The number of rotatable bonds is 7. The summed E-state index contributed by atoms with van der Waals surface area (Å²) in [6.07, 6.45) is 2.48. The number of nitrogens with zero attached hydrogens (tertiary/aromatic N) is 1. The van der Waals surface area contributed by atoms with Crippen molar-refractivity contribution in [1.82, 2.24) is 4.98 Å². The molecule has 4 heteroatoms. The Balaban J connectivity index is 1.88. The number of hydrogen-bond acceptors (Lipinski definition) is 4. The third kappa shape index (κ3) is 4.05. The van der Waals surface area contributed by atoms with Gasteiger partial charge in [-0.2, -0.15) is 0 Å². The molecule has 0 saturated carbocycles. The lowest BCUT2D eigenvalue weighted by Crippen LogP contribution is -2.17. The number of aromatic nitrogens is 1. The summed E-state index contributed by atoms with van der Waals surface area (Å²) in [5, 5.41) is 0. The van der Waals surface area contributed by atoms with Gasteiger partial charge in [0.25, 0.3) is 0 Å². The molecule has 1 unspecified atom stereocenters. The molecule has 4 nitrogen and oxygen atoms in total. The molecule has 1 aromatic heterocycles. The SMILES string of the molecule is COc1ccc(C(CN)OCCc2ccccn2)cc1. The monoisotopic (exact) mass is 272 g/mol. The predicted octanol–water partition coefficient (Wildman–Crippen LogP) is 2.35. The van der Waals surface area contributed by atoms with Crippen LogP contribution in [-0.2, 0) is 11.2 Å². The highest BCUT2D eigenvalue weighted by molar-refractivity contribution is 5.28. The molecule has 106 valence electrons. The number of benzene rings is 1. The second-order valence-electron chi connectivity index (χ2n) is 4.44. The number of hydrogen-bond donors (Lipinski definition) is 1. The van der Waals surface area contributed by atoms with Crippen molar-refractivity contribution in [3.05, 3.63) is 59.9 Å². The van der Waals surface area contributed by atoms with Gasteiger partial charge in [-0.1, -0.05) is 18.2 Å². The van der Waals surface area contributed by atoms with Crippen molar-refractivity contribution in [3.63, 3.8) is 0 Å². The normalized spacial score (nSPS) is 12.1. The van der Waals surface area contributed by atoms with Gasteiger partial charge in [-0.3, -0.25) is 4.98 Å². The highest BCUT2D eigenvalue weighted by atomic mass is 16.5. The van der Waals surface area contributed by atoms with Crippen LogP contribution in [0.5, 0.6) is 5.75 Å². The van der Waals surface area contributed by atoms with Gasteiger partial charge < -0.3 is 15.2 Å². The fourth-order valence-corrected chi connectivity index (χ4v) is 1.97. The summed E-state index contributed by atoms with van der Waals surface area (Å²) >= 11 is 0. The molecule has 0 fully saturated rings. The molecule has 0 aliphatic heterocycles. The third-order valence-electron chi connectivity index (χ3n) is 3.11. The maximum atomic E-state index is 5.85. The Morgan fingerprint density at radius 2 is 1.95 bits per heavy atom. The zero-order valence-electron chi connectivity index (χ0n) is 11.7. The second kappa shape index (κ2) is 7.62. The van der Waals surface area contributed by atoms with Crippen LogP contribution in [0.25, 0.3) is 0 Å². The Kier molecular flexibility index (Phi) is 5.53. The van der Waals surface area contributed by atoms with Crippen molar-refractivity contribution < 1.29 is 9.47 Å². The standard InChI is InChI=1S/C16H20N2O2/c1-19-15-7-5-13(6-8-15)16(12-17)20-11-9-14-4-2-3-10-18-14/h2-8,10,16H,9,11-12,17H2,1H3. The molecule has 0 spiro atoms. The lowest BCUT2D eigenvalue weighted by atomic mass is 10.1. The van der Waals surface area contributed by atoms with Crippen molar-refractivity contribution in [1.29, 1.82) is 0 Å². The van der Waals surface area contributed by atoms with Gasteiger partial charge in [0, 0.05) is 24.9 Å². The number of pyridine rings is 1. The first-order valence-electron chi connectivity index (χ1n) is 6.69. The van der Waals surface area contributed by atoms with Crippen LogP contribution in [0.1, 0.15) is 17.4 Å². The molecule has 1 aromatic carbocycles. The van der Waals surface area contributed by atoms with Gasteiger partial charge in [-0.15, -0.1) is 0 Å². The molecule has 2 aromatic rings. The highest BCUT2D eigenvalue weighted by Crippen LogP contribution is 2.20. The highest BCUT2D eigenvalue weighted by Gasteiger charge is 2.10. The average molecular weight is 272 g/mol. The van der Waals surface area contributed by atoms with Crippen molar-refractivity contribution >= 4 is 0 Å². The minimum absolute atomic E-state index is 0.0929. The fraction of sp³-hybridized carbons (Fsp3) is 0.312. The van der Waals surface area contributed by atoms with Crippen LogP contribution >= 0.6 is 0 Å². The molecule has 1 heterocycles. The van der Waals surface area contributed by atoms with E-state index in [-0.39, 0.29) is 6.10 Å². The number of ether oxygens (including phenoxy) is 2. The minimum atomic E-state index is -0.0929. The van der Waals surface area contributed by atoms with Crippen molar-refractivity contribution in [2.45, 2.75) is 12.5 Å². The molecule has 0 saturated heterocycles. The van der Waals surface area contributed by atoms with Gasteiger partial charge in [-0.25, -0.2) is 0 Å². The van der Waals surface area contributed by atoms with Gasteiger partial charge in [0.2, 0.25) is 0 Å². The van der Waals surface area contributed by atoms with E-state index < -0.39 is 0 Å². The Labute approximate surface area is 119 Å². The zero-order valence-corrected chi connectivity index (χ0v) is 11.7. The van der Waals surface area contributed by atoms with Crippen LogP contribution < -0.4 is 10.5 Å². The number of nitrogens with two attached hydrogens (primary N) is 1. The Bertz CT molecular complexity index is 500. The molecule has 0 aliphatic rings. The summed E-state index contributed by atoms with van der Waals surface area (Å²) < 4.78 is 11.0. The van der Waals surface area contributed by atoms with E-state index >= 15 is 0 Å². The van der Waals surface area contributed by atoms with E-state index in [1.165, 1.54) is 0 Å². The van der Waals surface area contributed by atoms with Crippen LogP contribution in [0.2, 0.25) is 0 Å². The average Bonchev–Trinajstić information content (AvgIpc) is 2.53. The Morgan fingerprint density at radius 1 is 1.15 bits per heavy atom. The molecule has 2 rings (SSSR count). The first-order chi connectivity index (χ1) is 9.83. The molecule has 0 aliphatic carbocycles. The van der Waals surface area contributed by atoms with E-state index in [1.807, 2.05) is 42.5 Å². The minimum Gasteiger partial charge on any atom is -0.497 e. The molecule has 2 N–H and O–H groups in total. The summed E-state index contributed by atoms with van der Waals surface area (Å²) in [7, 11) is 1.65. The molecular formula is C16H20N2O2. The smallest absolute Gasteiger partial charge is 0.118 e. The first-order valence-corrected chi connectivity index (χ1v) is 6.69. The number of methoxy groups -OCH3 is 1. The summed E-state index contributed by atoms with van der Waals surface area (Å²) in [4.78, 5) is 4.27. The van der Waals surface area contributed by atoms with Crippen molar-refractivity contribution in [2.24, 2.45) is 5.73 Å². The molecule has 0 bridgehead atoms. The largest absolute Gasteiger partial charge is 0.497 e. The third-order valence-corrected chi connectivity index (χ3v) is 3.11. The van der Waals surface area contributed by atoms with Crippen LogP contribution in [0.3, 0.4) is 0 Å². The molecular weight excluding hydrogens is 252 g/mol.